The maximum atomic E-state index is 8.69. The van der Waals surface area contributed by atoms with E-state index in [4.69, 9.17) is 22.5 Å². The number of amidine groups is 1. The lowest BCUT2D eigenvalue weighted by Gasteiger charge is -2.28. The monoisotopic (exact) mass is 295 g/mol. The molecule has 1 aromatic rings. The van der Waals surface area contributed by atoms with E-state index in [9.17, 15) is 0 Å². The Kier molecular flexibility index (Phi) is 4.89. The Hall–Kier alpha value is -1.26. The van der Waals surface area contributed by atoms with Crippen LogP contribution < -0.4 is 5.73 Å². The number of likely N-dealkylation sites (tertiary alicyclic amines) is 1. The molecule has 0 aromatic heterocycles. The number of nitrogens with two attached hydrogens (primary N) is 1. The van der Waals surface area contributed by atoms with E-state index in [1.54, 1.807) is 6.07 Å². The molecule has 20 heavy (non-hydrogen) atoms. The van der Waals surface area contributed by atoms with E-state index in [2.05, 4.69) is 23.9 Å². The van der Waals surface area contributed by atoms with Crippen molar-refractivity contribution in [2.45, 2.75) is 39.3 Å². The Morgan fingerprint density at radius 2 is 2.30 bits per heavy atom. The molecule has 1 heterocycles. The lowest BCUT2D eigenvalue weighted by molar-refractivity contribution is 0.199. The molecular formula is C15H22ClN3O. The number of nitrogens with zero attached hydrogens (tertiary/aromatic N) is 2. The molecule has 1 fully saturated rings. The fourth-order valence-electron chi connectivity index (χ4n) is 2.91. The zero-order valence-electron chi connectivity index (χ0n) is 12.0. The van der Waals surface area contributed by atoms with Crippen molar-refractivity contribution in [2.24, 2.45) is 16.8 Å². The molecule has 0 radical (unpaired) electrons. The van der Waals surface area contributed by atoms with Crippen molar-refractivity contribution in [1.29, 1.82) is 0 Å². The summed E-state index contributed by atoms with van der Waals surface area (Å²) >= 11 is 6.32. The van der Waals surface area contributed by atoms with Gasteiger partial charge in [-0.25, -0.2) is 0 Å². The Labute approximate surface area is 125 Å². The van der Waals surface area contributed by atoms with E-state index in [1.807, 2.05) is 12.1 Å². The summed E-state index contributed by atoms with van der Waals surface area (Å²) < 4.78 is 0. The van der Waals surface area contributed by atoms with Gasteiger partial charge in [0.15, 0.2) is 5.84 Å². The largest absolute Gasteiger partial charge is 0.409 e. The quantitative estimate of drug-likeness (QED) is 0.388. The van der Waals surface area contributed by atoms with Crippen LogP contribution in [0, 0.1) is 5.92 Å². The summed E-state index contributed by atoms with van der Waals surface area (Å²) in [5.74, 6) is 0.743. The highest BCUT2D eigenvalue weighted by Gasteiger charge is 2.27. The molecule has 0 spiro atoms. The van der Waals surface area contributed by atoms with Gasteiger partial charge in [0.05, 0.1) is 0 Å². The second-order valence-corrected chi connectivity index (χ2v) is 6.12. The third kappa shape index (κ3) is 3.25. The van der Waals surface area contributed by atoms with Crippen LogP contribution >= 0.6 is 11.6 Å². The van der Waals surface area contributed by atoms with Crippen molar-refractivity contribution < 1.29 is 5.21 Å². The first kappa shape index (κ1) is 15.1. The third-order valence-electron chi connectivity index (χ3n) is 4.01. The maximum absolute atomic E-state index is 8.69. The van der Waals surface area contributed by atoms with Crippen molar-refractivity contribution >= 4 is 17.4 Å². The summed E-state index contributed by atoms with van der Waals surface area (Å²) in [5.41, 5.74) is 7.30. The molecule has 0 amide bonds. The molecule has 0 saturated carbocycles. The molecule has 110 valence electrons. The second-order valence-electron chi connectivity index (χ2n) is 5.72. The highest BCUT2D eigenvalue weighted by molar-refractivity contribution is 6.31. The van der Waals surface area contributed by atoms with Gasteiger partial charge in [-0.3, -0.25) is 4.90 Å². The molecule has 1 atom stereocenters. The van der Waals surface area contributed by atoms with Crippen molar-refractivity contribution in [2.75, 3.05) is 6.54 Å². The van der Waals surface area contributed by atoms with Gasteiger partial charge < -0.3 is 10.9 Å². The normalized spacial score (nSPS) is 20.8. The number of oxime groups is 1. The third-order valence-corrected chi connectivity index (χ3v) is 4.37. The first-order chi connectivity index (χ1) is 9.52. The molecule has 2 rings (SSSR count). The lowest BCUT2D eigenvalue weighted by atomic mass is 10.0. The van der Waals surface area contributed by atoms with Crippen LogP contribution in [0.3, 0.4) is 0 Å². The Morgan fingerprint density at radius 3 is 2.90 bits per heavy atom. The summed E-state index contributed by atoms with van der Waals surface area (Å²) in [7, 11) is 0. The Bertz CT molecular complexity index is 502. The van der Waals surface area contributed by atoms with Gasteiger partial charge in [-0.05, 0) is 36.9 Å². The minimum atomic E-state index is 0.0830. The van der Waals surface area contributed by atoms with Crippen LogP contribution in [0.15, 0.2) is 23.4 Å². The molecule has 0 aliphatic carbocycles. The van der Waals surface area contributed by atoms with E-state index in [-0.39, 0.29) is 5.84 Å². The topological polar surface area (TPSA) is 61.8 Å². The first-order valence-electron chi connectivity index (χ1n) is 7.03. The number of halogens is 1. The van der Waals surface area contributed by atoms with Gasteiger partial charge >= 0.3 is 0 Å². The van der Waals surface area contributed by atoms with Crippen LogP contribution in [0.5, 0.6) is 0 Å². The standard InChI is InChI=1S/C15H22ClN3O/c1-10(2)14-4-3-7-19(14)9-12-6-5-11(8-13(12)16)15(17)18-20/h5-6,8,10,14,20H,3-4,7,9H2,1-2H3,(H2,17,18). The highest BCUT2D eigenvalue weighted by Crippen LogP contribution is 2.28. The van der Waals surface area contributed by atoms with Gasteiger partial charge in [-0.15, -0.1) is 0 Å². The van der Waals surface area contributed by atoms with Crippen LogP contribution in [0.2, 0.25) is 5.02 Å². The molecule has 4 nitrogen and oxygen atoms in total. The van der Waals surface area contributed by atoms with Crippen LogP contribution in [-0.2, 0) is 6.54 Å². The van der Waals surface area contributed by atoms with Crippen molar-refractivity contribution in [3.63, 3.8) is 0 Å². The molecule has 1 saturated heterocycles. The van der Waals surface area contributed by atoms with Gasteiger partial charge in [0.1, 0.15) is 0 Å². The fourth-order valence-corrected chi connectivity index (χ4v) is 3.15. The number of benzene rings is 1. The van der Waals surface area contributed by atoms with Crippen molar-refractivity contribution in [1.82, 2.24) is 4.90 Å². The Morgan fingerprint density at radius 1 is 1.55 bits per heavy atom. The van der Waals surface area contributed by atoms with Gasteiger partial charge in [0.25, 0.3) is 0 Å². The summed E-state index contributed by atoms with van der Waals surface area (Å²) in [4.78, 5) is 2.50. The van der Waals surface area contributed by atoms with E-state index in [0.29, 0.717) is 22.5 Å². The fraction of sp³-hybridized carbons (Fsp3) is 0.533. The Balaban J connectivity index is 2.14. The number of rotatable bonds is 4. The average molecular weight is 296 g/mol. The molecule has 5 heteroatoms. The molecule has 3 N–H and O–H groups in total. The number of hydrogen-bond donors (Lipinski definition) is 2. The van der Waals surface area contributed by atoms with E-state index in [1.165, 1.54) is 12.8 Å². The minimum Gasteiger partial charge on any atom is -0.409 e. The van der Waals surface area contributed by atoms with Gasteiger partial charge in [-0.1, -0.05) is 42.7 Å². The number of hydrogen-bond acceptors (Lipinski definition) is 3. The maximum Gasteiger partial charge on any atom is 0.170 e. The molecule has 1 unspecified atom stereocenters. The predicted octanol–water partition coefficient (Wildman–Crippen LogP) is 3.05. The molecule has 0 bridgehead atoms. The van der Waals surface area contributed by atoms with Crippen LogP contribution in [0.4, 0.5) is 0 Å². The van der Waals surface area contributed by atoms with E-state index < -0.39 is 0 Å². The predicted molar refractivity (Wildman–Crippen MR) is 82.2 cm³/mol. The van der Waals surface area contributed by atoms with Gasteiger partial charge in [0.2, 0.25) is 0 Å². The molecule has 1 aliphatic heterocycles. The SMILES string of the molecule is CC(C)C1CCCN1Cc1ccc(/C(N)=N/O)cc1Cl. The van der Waals surface area contributed by atoms with Crippen molar-refractivity contribution in [3.05, 3.63) is 34.3 Å². The van der Waals surface area contributed by atoms with Crippen LogP contribution in [-0.4, -0.2) is 28.5 Å². The van der Waals surface area contributed by atoms with Crippen LogP contribution in [0.1, 0.15) is 37.8 Å². The minimum absolute atomic E-state index is 0.0830. The molecule has 1 aromatic carbocycles. The van der Waals surface area contributed by atoms with Gasteiger partial charge in [0, 0.05) is 23.2 Å². The highest BCUT2D eigenvalue weighted by atomic mass is 35.5. The van der Waals surface area contributed by atoms with Crippen molar-refractivity contribution in [3.8, 4) is 0 Å². The summed E-state index contributed by atoms with van der Waals surface area (Å²) in [6.07, 6.45) is 2.51. The molecular weight excluding hydrogens is 274 g/mol. The van der Waals surface area contributed by atoms with E-state index in [0.717, 1.165) is 18.7 Å². The zero-order valence-corrected chi connectivity index (χ0v) is 12.8. The summed E-state index contributed by atoms with van der Waals surface area (Å²) in [5, 5.41) is 12.3. The van der Waals surface area contributed by atoms with Gasteiger partial charge in [-0.2, -0.15) is 0 Å². The summed E-state index contributed by atoms with van der Waals surface area (Å²) in [6, 6.07) is 6.20. The zero-order chi connectivity index (χ0) is 14.7. The average Bonchev–Trinajstić information content (AvgIpc) is 2.88. The summed E-state index contributed by atoms with van der Waals surface area (Å²) in [6.45, 7) is 6.53. The van der Waals surface area contributed by atoms with E-state index >= 15 is 0 Å². The molecule has 1 aliphatic rings. The smallest absolute Gasteiger partial charge is 0.170 e. The second kappa shape index (κ2) is 6.46. The van der Waals surface area contributed by atoms with Crippen LogP contribution in [0.25, 0.3) is 0 Å². The first-order valence-corrected chi connectivity index (χ1v) is 7.41. The lowest BCUT2D eigenvalue weighted by Crippen LogP contribution is -2.32.